The number of nitrogens with one attached hydrogen (secondary N) is 1. The highest BCUT2D eigenvalue weighted by atomic mass is 16.5. The number of benzene rings is 1. The highest BCUT2D eigenvalue weighted by Gasteiger charge is 2.11. The molecule has 1 N–H and O–H groups in total. The number of rotatable bonds is 8. The van der Waals surface area contributed by atoms with Gasteiger partial charge in [0.05, 0.1) is 31.4 Å². The van der Waals surface area contributed by atoms with Gasteiger partial charge in [-0.05, 0) is 32.4 Å². The minimum Gasteiger partial charge on any atom is -0.494 e. The summed E-state index contributed by atoms with van der Waals surface area (Å²) >= 11 is 0. The molecule has 1 atom stereocenters. The van der Waals surface area contributed by atoms with Crippen LogP contribution in [0.1, 0.15) is 33.6 Å². The van der Waals surface area contributed by atoms with Crippen LogP contribution in [0.2, 0.25) is 0 Å². The lowest BCUT2D eigenvalue weighted by Crippen LogP contribution is -2.18. The van der Waals surface area contributed by atoms with Crippen molar-refractivity contribution >= 4 is 5.69 Å². The van der Waals surface area contributed by atoms with Gasteiger partial charge in [-0.3, -0.25) is 0 Å². The fourth-order valence-electron chi connectivity index (χ4n) is 1.79. The van der Waals surface area contributed by atoms with Crippen molar-refractivity contribution in [2.75, 3.05) is 18.5 Å². The van der Waals surface area contributed by atoms with Gasteiger partial charge in [-0.15, -0.1) is 0 Å². The molecule has 1 unspecified atom stereocenters. The van der Waals surface area contributed by atoms with E-state index in [-0.39, 0.29) is 6.04 Å². The van der Waals surface area contributed by atoms with Crippen molar-refractivity contribution in [2.24, 2.45) is 0 Å². The second-order valence-electron chi connectivity index (χ2n) is 4.14. The second kappa shape index (κ2) is 8.25. The zero-order valence-electron chi connectivity index (χ0n) is 11.9. The zero-order valence-corrected chi connectivity index (χ0v) is 11.9. The van der Waals surface area contributed by atoms with Crippen molar-refractivity contribution in [2.45, 2.75) is 39.7 Å². The van der Waals surface area contributed by atoms with Gasteiger partial charge in [0.2, 0.25) is 0 Å². The maximum absolute atomic E-state index is 8.81. The summed E-state index contributed by atoms with van der Waals surface area (Å²) in [7, 11) is 0. The Morgan fingerprint density at radius 1 is 1.21 bits per heavy atom. The summed E-state index contributed by atoms with van der Waals surface area (Å²) in [6.07, 6.45) is 1.36. The minimum atomic E-state index is 0.126. The molecule has 0 aliphatic carbocycles. The molecule has 0 heterocycles. The van der Waals surface area contributed by atoms with E-state index in [9.17, 15) is 0 Å². The van der Waals surface area contributed by atoms with Gasteiger partial charge in [0, 0.05) is 12.1 Å². The predicted molar refractivity (Wildman–Crippen MR) is 76.7 cm³/mol. The van der Waals surface area contributed by atoms with E-state index in [4.69, 9.17) is 14.7 Å². The number of nitriles is 1. The average Bonchev–Trinajstić information content (AvgIpc) is 2.41. The first-order valence-corrected chi connectivity index (χ1v) is 6.78. The van der Waals surface area contributed by atoms with E-state index in [1.54, 1.807) is 0 Å². The molecule has 0 saturated heterocycles. The van der Waals surface area contributed by atoms with Gasteiger partial charge < -0.3 is 14.8 Å². The van der Waals surface area contributed by atoms with Crippen LogP contribution in [0.4, 0.5) is 5.69 Å². The molecule has 0 fully saturated rings. The van der Waals surface area contributed by atoms with Crippen LogP contribution in [0, 0.1) is 11.3 Å². The van der Waals surface area contributed by atoms with Crippen molar-refractivity contribution in [1.82, 2.24) is 0 Å². The highest BCUT2D eigenvalue weighted by Crippen LogP contribution is 2.30. The molecule has 0 aromatic heterocycles. The number of nitrogens with zero attached hydrogens (tertiary/aromatic N) is 1. The smallest absolute Gasteiger partial charge is 0.142 e. The molecule has 0 amide bonds. The first kappa shape index (κ1) is 15.2. The van der Waals surface area contributed by atoms with Crippen molar-refractivity contribution in [3.05, 3.63) is 18.2 Å². The molecular weight excluding hydrogens is 240 g/mol. The van der Waals surface area contributed by atoms with Gasteiger partial charge >= 0.3 is 0 Å². The molecule has 4 nitrogen and oxygen atoms in total. The average molecular weight is 262 g/mol. The van der Waals surface area contributed by atoms with E-state index in [1.165, 1.54) is 0 Å². The molecule has 0 radical (unpaired) electrons. The number of hydrogen-bond donors (Lipinski definition) is 1. The van der Waals surface area contributed by atoms with Crippen LogP contribution in [-0.4, -0.2) is 19.3 Å². The van der Waals surface area contributed by atoms with Crippen molar-refractivity contribution in [3.63, 3.8) is 0 Å². The van der Waals surface area contributed by atoms with Gasteiger partial charge in [0.15, 0.2) is 0 Å². The third kappa shape index (κ3) is 4.70. The van der Waals surface area contributed by atoms with E-state index in [0.717, 1.165) is 23.6 Å². The van der Waals surface area contributed by atoms with Gasteiger partial charge in [0.25, 0.3) is 0 Å². The molecule has 1 aromatic rings. The molecule has 104 valence electrons. The topological polar surface area (TPSA) is 54.3 Å². The molecule has 1 rings (SSSR count). The Hall–Kier alpha value is -1.89. The predicted octanol–water partition coefficient (Wildman–Crippen LogP) is 3.59. The molecule has 0 aliphatic rings. The van der Waals surface area contributed by atoms with Crippen LogP contribution < -0.4 is 14.8 Å². The molecule has 0 bridgehead atoms. The van der Waals surface area contributed by atoms with Crippen LogP contribution in [0.25, 0.3) is 0 Å². The largest absolute Gasteiger partial charge is 0.494 e. The Morgan fingerprint density at radius 3 is 2.53 bits per heavy atom. The highest BCUT2D eigenvalue weighted by molar-refractivity contribution is 5.60. The number of ether oxygens (including phenoxy) is 2. The molecule has 0 spiro atoms. The van der Waals surface area contributed by atoms with E-state index < -0.39 is 0 Å². The van der Waals surface area contributed by atoms with E-state index in [0.29, 0.717) is 19.6 Å². The standard InChI is InChI=1S/C15H22N2O2/c1-4-12(9-10-16)17-14-11-13(18-5-2)7-8-15(14)19-6-3/h7-8,11-12,17H,4-6,9H2,1-3H3. The maximum Gasteiger partial charge on any atom is 0.142 e. The SMILES string of the molecule is CCOc1ccc(OCC)c(NC(CC)CC#N)c1. The molecule has 19 heavy (non-hydrogen) atoms. The number of anilines is 1. The first-order valence-electron chi connectivity index (χ1n) is 6.78. The Balaban J connectivity index is 2.92. The van der Waals surface area contributed by atoms with Crippen LogP contribution in [0.5, 0.6) is 11.5 Å². The fraction of sp³-hybridized carbons (Fsp3) is 0.533. The molecule has 1 aromatic carbocycles. The molecule has 0 saturated carbocycles. The van der Waals surface area contributed by atoms with E-state index >= 15 is 0 Å². The third-order valence-electron chi connectivity index (χ3n) is 2.75. The zero-order chi connectivity index (χ0) is 14.1. The van der Waals surface area contributed by atoms with E-state index in [1.807, 2.05) is 32.0 Å². The Kier molecular flexibility index (Phi) is 6.59. The third-order valence-corrected chi connectivity index (χ3v) is 2.75. The molecular formula is C15H22N2O2. The fourth-order valence-corrected chi connectivity index (χ4v) is 1.79. The lowest BCUT2D eigenvalue weighted by molar-refractivity contribution is 0.331. The van der Waals surface area contributed by atoms with Crippen LogP contribution >= 0.6 is 0 Å². The monoisotopic (exact) mass is 262 g/mol. The van der Waals surface area contributed by atoms with Gasteiger partial charge in [-0.2, -0.15) is 5.26 Å². The summed E-state index contributed by atoms with van der Waals surface area (Å²) in [6.45, 7) is 7.20. The lowest BCUT2D eigenvalue weighted by atomic mass is 10.1. The Bertz CT molecular complexity index is 427. The van der Waals surface area contributed by atoms with Crippen LogP contribution in [0.15, 0.2) is 18.2 Å². The summed E-state index contributed by atoms with van der Waals surface area (Å²) in [5, 5.41) is 12.2. The van der Waals surface area contributed by atoms with Crippen LogP contribution in [0.3, 0.4) is 0 Å². The van der Waals surface area contributed by atoms with Crippen molar-refractivity contribution in [1.29, 1.82) is 5.26 Å². The Labute approximate surface area is 115 Å². The second-order valence-corrected chi connectivity index (χ2v) is 4.14. The Morgan fingerprint density at radius 2 is 1.95 bits per heavy atom. The van der Waals surface area contributed by atoms with E-state index in [2.05, 4.69) is 18.3 Å². The summed E-state index contributed by atoms with van der Waals surface area (Å²) < 4.78 is 11.1. The van der Waals surface area contributed by atoms with Gasteiger partial charge in [-0.1, -0.05) is 6.92 Å². The summed E-state index contributed by atoms with van der Waals surface area (Å²) in [4.78, 5) is 0. The van der Waals surface area contributed by atoms with Gasteiger partial charge in [-0.25, -0.2) is 0 Å². The summed E-state index contributed by atoms with van der Waals surface area (Å²) in [5.74, 6) is 1.60. The summed E-state index contributed by atoms with van der Waals surface area (Å²) in [6, 6.07) is 8.04. The minimum absolute atomic E-state index is 0.126. The maximum atomic E-state index is 8.81. The molecule has 4 heteroatoms. The normalized spacial score (nSPS) is 11.5. The lowest BCUT2D eigenvalue weighted by Gasteiger charge is -2.19. The summed E-state index contributed by atoms with van der Waals surface area (Å²) in [5.41, 5.74) is 0.884. The molecule has 0 aliphatic heterocycles. The van der Waals surface area contributed by atoms with Gasteiger partial charge in [0.1, 0.15) is 11.5 Å². The quantitative estimate of drug-likeness (QED) is 0.778. The number of hydrogen-bond acceptors (Lipinski definition) is 4. The van der Waals surface area contributed by atoms with Crippen LogP contribution in [-0.2, 0) is 0 Å². The van der Waals surface area contributed by atoms with Crippen molar-refractivity contribution in [3.8, 4) is 17.6 Å². The van der Waals surface area contributed by atoms with Crippen molar-refractivity contribution < 1.29 is 9.47 Å². The first-order chi connectivity index (χ1) is 9.24.